The lowest BCUT2D eigenvalue weighted by molar-refractivity contribution is 0.499. The summed E-state index contributed by atoms with van der Waals surface area (Å²) in [7, 11) is -3.35. The van der Waals surface area contributed by atoms with Crippen LogP contribution in [0.15, 0.2) is 64.8 Å². The first kappa shape index (κ1) is 16.6. The molecule has 0 unspecified atom stereocenters. The summed E-state index contributed by atoms with van der Waals surface area (Å²) >= 11 is 0. The van der Waals surface area contributed by atoms with Gasteiger partial charge in [0.1, 0.15) is 0 Å². The van der Waals surface area contributed by atoms with Crippen molar-refractivity contribution < 1.29 is 8.42 Å². The topological polar surface area (TPSA) is 82.9 Å². The molecule has 0 atom stereocenters. The van der Waals surface area contributed by atoms with E-state index < -0.39 is 10.0 Å². The normalized spacial score (nSPS) is 16.3. The molecule has 0 aromatic heterocycles. The first-order valence-electron chi connectivity index (χ1n) is 7.93. The Kier molecular flexibility index (Phi) is 5.22. The summed E-state index contributed by atoms with van der Waals surface area (Å²) in [6.45, 7) is 1.48. The zero-order chi connectivity index (χ0) is 16.8. The van der Waals surface area contributed by atoms with Gasteiger partial charge in [-0.15, -0.1) is 0 Å². The maximum atomic E-state index is 12.4. The number of hydrogen-bond acceptors (Lipinski definition) is 5. The molecule has 1 heterocycles. The van der Waals surface area contributed by atoms with Gasteiger partial charge in [0.25, 0.3) is 0 Å². The minimum atomic E-state index is -3.35. The van der Waals surface area contributed by atoms with Crippen LogP contribution in [-0.4, -0.2) is 26.8 Å². The lowest BCUT2D eigenvalue weighted by atomic mass is 10.2. The number of sulfonamides is 1. The van der Waals surface area contributed by atoms with Crippen LogP contribution < -0.4 is 10.0 Å². The van der Waals surface area contributed by atoms with Gasteiger partial charge in [-0.2, -0.15) is 10.2 Å². The predicted octanol–water partition coefficient (Wildman–Crippen LogP) is 3.60. The van der Waals surface area contributed by atoms with E-state index in [1.54, 1.807) is 24.3 Å². The Morgan fingerprint density at radius 2 is 1.46 bits per heavy atom. The van der Waals surface area contributed by atoms with Crippen molar-refractivity contribution in [3.8, 4) is 0 Å². The molecule has 0 aliphatic carbocycles. The highest BCUT2D eigenvalue weighted by Crippen LogP contribution is 2.22. The largest absolute Gasteiger partial charge is 0.317 e. The lowest BCUT2D eigenvalue weighted by Gasteiger charge is -2.23. The van der Waals surface area contributed by atoms with E-state index in [2.05, 4.69) is 20.3 Å². The fourth-order valence-electron chi connectivity index (χ4n) is 2.56. The van der Waals surface area contributed by atoms with Crippen LogP contribution in [0.3, 0.4) is 0 Å². The number of hydrogen-bond donors (Lipinski definition) is 2. The van der Waals surface area contributed by atoms with E-state index in [-0.39, 0.29) is 5.25 Å². The smallest absolute Gasteiger partial charge is 0.235 e. The van der Waals surface area contributed by atoms with Crippen molar-refractivity contribution in [2.75, 3.05) is 17.8 Å². The van der Waals surface area contributed by atoms with Crippen LogP contribution in [0.1, 0.15) is 12.8 Å². The lowest BCUT2D eigenvalue weighted by Crippen LogP contribution is -2.38. The maximum Gasteiger partial charge on any atom is 0.235 e. The van der Waals surface area contributed by atoms with Crippen molar-refractivity contribution in [3.63, 3.8) is 0 Å². The van der Waals surface area contributed by atoms with Gasteiger partial charge in [-0.3, -0.25) is 4.72 Å². The Morgan fingerprint density at radius 3 is 2.08 bits per heavy atom. The number of piperidine rings is 1. The van der Waals surface area contributed by atoms with Crippen LogP contribution in [-0.2, 0) is 10.0 Å². The molecular formula is C17H20N4O2S. The molecule has 0 spiro atoms. The summed E-state index contributed by atoms with van der Waals surface area (Å²) in [5.41, 5.74) is 1.99. The second kappa shape index (κ2) is 7.55. The highest BCUT2D eigenvalue weighted by Gasteiger charge is 2.26. The Balaban J connectivity index is 1.65. The van der Waals surface area contributed by atoms with Gasteiger partial charge in [0, 0.05) is 5.69 Å². The fraction of sp³-hybridized carbons (Fsp3) is 0.294. The predicted molar refractivity (Wildman–Crippen MR) is 95.5 cm³/mol. The molecule has 0 amide bonds. The molecule has 2 N–H and O–H groups in total. The Hall–Kier alpha value is -2.25. The van der Waals surface area contributed by atoms with Crippen molar-refractivity contribution in [2.45, 2.75) is 18.1 Å². The first-order chi connectivity index (χ1) is 11.6. The van der Waals surface area contributed by atoms with E-state index in [0.29, 0.717) is 24.2 Å². The molecule has 0 radical (unpaired) electrons. The third kappa shape index (κ3) is 4.39. The zero-order valence-corrected chi connectivity index (χ0v) is 14.0. The van der Waals surface area contributed by atoms with Gasteiger partial charge in [-0.05, 0) is 62.3 Å². The zero-order valence-electron chi connectivity index (χ0n) is 13.2. The highest BCUT2D eigenvalue weighted by molar-refractivity contribution is 7.93. The number of nitrogens with zero attached hydrogens (tertiary/aromatic N) is 2. The molecule has 0 bridgehead atoms. The van der Waals surface area contributed by atoms with Crippen molar-refractivity contribution >= 4 is 27.1 Å². The Labute approximate surface area is 142 Å². The number of anilines is 1. The molecule has 2 aromatic rings. The summed E-state index contributed by atoms with van der Waals surface area (Å²) in [6.07, 6.45) is 1.28. The quantitative estimate of drug-likeness (QED) is 0.813. The van der Waals surface area contributed by atoms with Crippen LogP contribution in [0.4, 0.5) is 17.1 Å². The summed E-state index contributed by atoms with van der Waals surface area (Å²) in [4.78, 5) is 0. The SMILES string of the molecule is O=S(=O)(Nc1ccc(N=Nc2ccccc2)cc1)C1CCNCC1. The molecule has 1 aliphatic rings. The van der Waals surface area contributed by atoms with Crippen molar-refractivity contribution in [1.82, 2.24) is 5.32 Å². The molecule has 24 heavy (non-hydrogen) atoms. The number of azo groups is 1. The second-order valence-electron chi connectivity index (χ2n) is 5.68. The van der Waals surface area contributed by atoms with Crippen LogP contribution >= 0.6 is 0 Å². The van der Waals surface area contributed by atoms with Crippen LogP contribution in [0.25, 0.3) is 0 Å². The third-order valence-corrected chi connectivity index (χ3v) is 5.76. The Bertz CT molecular complexity index is 783. The summed E-state index contributed by atoms with van der Waals surface area (Å²) in [5, 5.41) is 11.1. The van der Waals surface area contributed by atoms with Gasteiger partial charge in [0.2, 0.25) is 10.0 Å². The molecular weight excluding hydrogens is 324 g/mol. The molecule has 0 saturated carbocycles. The molecule has 1 fully saturated rings. The average molecular weight is 344 g/mol. The van der Waals surface area contributed by atoms with E-state index in [0.717, 1.165) is 18.8 Å². The van der Waals surface area contributed by atoms with E-state index >= 15 is 0 Å². The van der Waals surface area contributed by atoms with Gasteiger partial charge in [0.15, 0.2) is 0 Å². The van der Waals surface area contributed by atoms with E-state index in [9.17, 15) is 8.42 Å². The van der Waals surface area contributed by atoms with Gasteiger partial charge in [-0.25, -0.2) is 8.42 Å². The van der Waals surface area contributed by atoms with Crippen LogP contribution in [0, 0.1) is 0 Å². The van der Waals surface area contributed by atoms with Gasteiger partial charge >= 0.3 is 0 Å². The summed E-state index contributed by atoms with van der Waals surface area (Å²) in [6, 6.07) is 16.3. The van der Waals surface area contributed by atoms with Gasteiger partial charge in [0.05, 0.1) is 16.6 Å². The summed E-state index contributed by atoms with van der Waals surface area (Å²) < 4.78 is 27.4. The molecule has 1 saturated heterocycles. The minimum Gasteiger partial charge on any atom is -0.317 e. The van der Waals surface area contributed by atoms with Crippen molar-refractivity contribution in [2.24, 2.45) is 10.2 Å². The van der Waals surface area contributed by atoms with Crippen LogP contribution in [0.2, 0.25) is 0 Å². The number of nitrogens with one attached hydrogen (secondary N) is 2. The minimum absolute atomic E-state index is 0.337. The van der Waals surface area contributed by atoms with E-state index in [1.807, 2.05) is 30.3 Å². The summed E-state index contributed by atoms with van der Waals surface area (Å²) in [5.74, 6) is 0. The number of benzene rings is 2. The van der Waals surface area contributed by atoms with Gasteiger partial charge in [-0.1, -0.05) is 18.2 Å². The molecule has 7 heteroatoms. The third-order valence-electron chi connectivity index (χ3n) is 3.89. The molecule has 2 aromatic carbocycles. The van der Waals surface area contributed by atoms with Crippen molar-refractivity contribution in [3.05, 3.63) is 54.6 Å². The van der Waals surface area contributed by atoms with Crippen LogP contribution in [0.5, 0.6) is 0 Å². The average Bonchev–Trinajstić information content (AvgIpc) is 2.62. The van der Waals surface area contributed by atoms with E-state index in [1.165, 1.54) is 0 Å². The fourth-order valence-corrected chi connectivity index (χ4v) is 4.05. The van der Waals surface area contributed by atoms with Crippen molar-refractivity contribution in [1.29, 1.82) is 0 Å². The first-order valence-corrected chi connectivity index (χ1v) is 9.47. The van der Waals surface area contributed by atoms with E-state index in [4.69, 9.17) is 0 Å². The second-order valence-corrected chi connectivity index (χ2v) is 7.64. The monoisotopic (exact) mass is 344 g/mol. The van der Waals surface area contributed by atoms with Gasteiger partial charge < -0.3 is 5.32 Å². The Morgan fingerprint density at radius 1 is 0.875 bits per heavy atom. The highest BCUT2D eigenvalue weighted by atomic mass is 32.2. The maximum absolute atomic E-state index is 12.4. The molecule has 3 rings (SSSR count). The number of rotatable bonds is 5. The molecule has 1 aliphatic heterocycles. The molecule has 126 valence electrons. The molecule has 6 nitrogen and oxygen atoms in total. The standard InChI is InChI=1S/C17H20N4O2S/c22-24(23,17-10-12-18-13-11-17)21-16-8-6-15(7-9-16)20-19-14-4-2-1-3-5-14/h1-9,17-18,21H,10-13H2.